The fourth-order valence-corrected chi connectivity index (χ4v) is 4.68. The number of likely N-dealkylation sites (N-methyl/N-ethyl adjacent to an activating group) is 1. The van der Waals surface area contributed by atoms with Crippen molar-refractivity contribution in [2.45, 2.75) is 38.3 Å². The van der Waals surface area contributed by atoms with Crippen LogP contribution in [0.2, 0.25) is 0 Å². The highest BCUT2D eigenvalue weighted by Gasteiger charge is 2.24. The Kier molecular flexibility index (Phi) is 5.67. The second-order valence-corrected chi connectivity index (χ2v) is 8.47. The van der Waals surface area contributed by atoms with Crippen LogP contribution in [0.25, 0.3) is 0 Å². The highest BCUT2D eigenvalue weighted by molar-refractivity contribution is 5.73. The Morgan fingerprint density at radius 3 is 2.11 bits per heavy atom. The van der Waals surface area contributed by atoms with E-state index in [9.17, 15) is 4.79 Å². The zero-order valence-corrected chi connectivity index (χ0v) is 17.0. The maximum atomic E-state index is 12.8. The molecule has 1 heterocycles. The quantitative estimate of drug-likeness (QED) is 0.866. The van der Waals surface area contributed by atoms with E-state index < -0.39 is 0 Å². The summed E-state index contributed by atoms with van der Waals surface area (Å²) in [6, 6.07) is 17.8. The van der Waals surface area contributed by atoms with Gasteiger partial charge in [0.2, 0.25) is 0 Å². The van der Waals surface area contributed by atoms with Gasteiger partial charge in [0.1, 0.15) is 0 Å². The van der Waals surface area contributed by atoms with E-state index in [2.05, 4.69) is 53.8 Å². The van der Waals surface area contributed by atoms with Crippen molar-refractivity contribution in [3.8, 4) is 0 Å². The minimum atomic E-state index is 0.121. The Labute approximate surface area is 168 Å². The third kappa shape index (κ3) is 4.22. The van der Waals surface area contributed by atoms with Crippen molar-refractivity contribution in [2.75, 3.05) is 27.2 Å². The normalized spacial score (nSPS) is 18.4. The molecule has 0 spiro atoms. The van der Waals surface area contributed by atoms with Crippen molar-refractivity contribution in [2.24, 2.45) is 5.92 Å². The monoisotopic (exact) mass is 377 g/mol. The van der Waals surface area contributed by atoms with Gasteiger partial charge in [-0.15, -0.1) is 0 Å². The van der Waals surface area contributed by atoms with Gasteiger partial charge in [0.05, 0.1) is 0 Å². The van der Waals surface area contributed by atoms with Gasteiger partial charge in [-0.25, -0.2) is 4.79 Å². The van der Waals surface area contributed by atoms with Crippen LogP contribution in [-0.4, -0.2) is 49.1 Å². The van der Waals surface area contributed by atoms with Gasteiger partial charge in [-0.2, -0.15) is 0 Å². The molecular weight excluding hydrogens is 346 g/mol. The largest absolute Gasteiger partial charge is 0.328 e. The van der Waals surface area contributed by atoms with Crippen molar-refractivity contribution >= 4 is 6.03 Å². The van der Waals surface area contributed by atoms with Gasteiger partial charge in [-0.05, 0) is 53.9 Å². The van der Waals surface area contributed by atoms with E-state index in [4.69, 9.17) is 0 Å². The van der Waals surface area contributed by atoms with E-state index >= 15 is 0 Å². The molecule has 1 unspecified atom stereocenters. The highest BCUT2D eigenvalue weighted by atomic mass is 16.2. The number of amides is 2. The Bertz CT molecular complexity index is 809. The molecule has 2 aromatic carbocycles. The summed E-state index contributed by atoms with van der Waals surface area (Å²) in [5.41, 5.74) is 5.76. The van der Waals surface area contributed by atoms with Gasteiger partial charge < -0.3 is 15.1 Å². The minimum Gasteiger partial charge on any atom is -0.328 e. The fraction of sp³-hybridized carbons (Fsp3) is 0.458. The first-order valence-corrected chi connectivity index (χ1v) is 10.4. The molecule has 148 valence electrons. The number of carbonyl (C=O) groups is 1. The van der Waals surface area contributed by atoms with Crippen LogP contribution in [0.1, 0.15) is 28.7 Å². The second-order valence-electron chi connectivity index (χ2n) is 8.47. The summed E-state index contributed by atoms with van der Waals surface area (Å²) in [6.07, 6.45) is 4.36. The van der Waals surface area contributed by atoms with Gasteiger partial charge in [-0.3, -0.25) is 0 Å². The lowest BCUT2D eigenvalue weighted by Gasteiger charge is -2.32. The Morgan fingerprint density at radius 1 is 0.893 bits per heavy atom. The van der Waals surface area contributed by atoms with Crippen molar-refractivity contribution in [1.29, 1.82) is 0 Å². The topological polar surface area (TPSA) is 35.6 Å². The molecule has 4 heteroatoms. The molecule has 1 atom stereocenters. The molecule has 1 aliphatic heterocycles. The number of benzene rings is 2. The van der Waals surface area contributed by atoms with E-state index in [0.717, 1.165) is 45.3 Å². The van der Waals surface area contributed by atoms with E-state index in [-0.39, 0.29) is 6.03 Å². The average Bonchev–Trinajstić information content (AvgIpc) is 3.14. The predicted molar refractivity (Wildman–Crippen MR) is 113 cm³/mol. The molecule has 4 rings (SSSR count). The number of nitrogens with one attached hydrogen (secondary N) is 1. The first-order chi connectivity index (χ1) is 13.6. The molecule has 0 bridgehead atoms. The zero-order valence-electron chi connectivity index (χ0n) is 17.0. The van der Waals surface area contributed by atoms with Gasteiger partial charge in [0.25, 0.3) is 0 Å². The summed E-state index contributed by atoms with van der Waals surface area (Å²) in [5, 5.41) is 3.57. The third-order valence-electron chi connectivity index (χ3n) is 6.32. The molecule has 4 nitrogen and oxygen atoms in total. The summed E-state index contributed by atoms with van der Waals surface area (Å²) < 4.78 is 0. The van der Waals surface area contributed by atoms with Crippen LogP contribution in [0.15, 0.2) is 48.5 Å². The number of fused-ring (bicyclic) bond motifs is 2. The van der Waals surface area contributed by atoms with Crippen LogP contribution < -0.4 is 5.32 Å². The molecular formula is C24H31N3O. The first-order valence-electron chi connectivity index (χ1n) is 10.4. The summed E-state index contributed by atoms with van der Waals surface area (Å²) in [7, 11) is 3.86. The van der Waals surface area contributed by atoms with Crippen LogP contribution in [0.5, 0.6) is 0 Å². The lowest BCUT2D eigenvalue weighted by molar-refractivity contribution is 0.165. The third-order valence-corrected chi connectivity index (χ3v) is 6.32. The number of hydrogen-bond donors (Lipinski definition) is 1. The maximum absolute atomic E-state index is 12.8. The molecule has 0 saturated heterocycles. The fourth-order valence-electron chi connectivity index (χ4n) is 4.68. The molecule has 2 aromatic rings. The van der Waals surface area contributed by atoms with E-state index in [1.165, 1.54) is 22.3 Å². The second kappa shape index (κ2) is 8.36. The molecule has 0 saturated carbocycles. The van der Waals surface area contributed by atoms with Gasteiger partial charge in [0, 0.05) is 39.8 Å². The van der Waals surface area contributed by atoms with Gasteiger partial charge in [-0.1, -0.05) is 48.5 Å². The molecule has 0 radical (unpaired) electrons. The van der Waals surface area contributed by atoms with E-state index in [0.29, 0.717) is 12.0 Å². The van der Waals surface area contributed by atoms with Crippen molar-refractivity contribution in [3.05, 3.63) is 70.8 Å². The molecule has 28 heavy (non-hydrogen) atoms. The Balaban J connectivity index is 1.24. The number of rotatable bonds is 5. The minimum absolute atomic E-state index is 0.121. The van der Waals surface area contributed by atoms with E-state index in [1.807, 2.05) is 23.9 Å². The number of urea groups is 1. The van der Waals surface area contributed by atoms with Crippen molar-refractivity contribution in [3.63, 3.8) is 0 Å². The lowest BCUT2D eigenvalue weighted by Crippen LogP contribution is -2.48. The molecule has 0 fully saturated rings. The first kappa shape index (κ1) is 19.0. The summed E-state index contributed by atoms with van der Waals surface area (Å²) in [6.45, 7) is 2.45. The number of carbonyl (C=O) groups excluding carboxylic acids is 1. The Hall–Kier alpha value is -2.33. The number of hydrogen-bond acceptors (Lipinski definition) is 2. The van der Waals surface area contributed by atoms with Crippen molar-refractivity contribution in [1.82, 2.24) is 15.1 Å². The van der Waals surface area contributed by atoms with Crippen molar-refractivity contribution < 1.29 is 4.79 Å². The van der Waals surface area contributed by atoms with Crippen LogP contribution in [0, 0.1) is 5.92 Å². The van der Waals surface area contributed by atoms with E-state index in [1.54, 1.807) is 0 Å². The zero-order chi connectivity index (χ0) is 19.5. The molecule has 2 aliphatic rings. The molecule has 1 aliphatic carbocycles. The summed E-state index contributed by atoms with van der Waals surface area (Å²) >= 11 is 0. The van der Waals surface area contributed by atoms with Gasteiger partial charge >= 0.3 is 6.03 Å². The smallest absolute Gasteiger partial charge is 0.319 e. The SMILES string of the molecule is CN(CCC1Cc2ccccc2C1)C(=O)N(C)CC1Cc2ccccc2CN1. The Morgan fingerprint density at radius 2 is 1.46 bits per heavy atom. The summed E-state index contributed by atoms with van der Waals surface area (Å²) in [4.78, 5) is 16.6. The standard InChI is InChI=1S/C24H31N3O/c1-26(12-11-18-13-19-7-3-4-8-20(19)14-18)24(28)27(2)17-23-15-21-9-5-6-10-22(21)16-25-23/h3-10,18,23,25H,11-17H2,1-2H3. The highest BCUT2D eigenvalue weighted by Crippen LogP contribution is 2.28. The van der Waals surface area contributed by atoms with Crippen LogP contribution in [-0.2, 0) is 25.8 Å². The molecule has 2 amide bonds. The molecule has 1 N–H and O–H groups in total. The maximum Gasteiger partial charge on any atom is 0.319 e. The van der Waals surface area contributed by atoms with Crippen LogP contribution in [0.3, 0.4) is 0 Å². The van der Waals surface area contributed by atoms with Crippen LogP contribution >= 0.6 is 0 Å². The summed E-state index contributed by atoms with van der Waals surface area (Å²) in [5.74, 6) is 0.662. The lowest BCUT2D eigenvalue weighted by atomic mass is 9.96. The predicted octanol–water partition coefficient (Wildman–Crippen LogP) is 3.49. The van der Waals surface area contributed by atoms with Crippen LogP contribution in [0.4, 0.5) is 4.79 Å². The number of nitrogens with zero attached hydrogens (tertiary/aromatic N) is 2. The average molecular weight is 378 g/mol. The van der Waals surface area contributed by atoms with Gasteiger partial charge in [0.15, 0.2) is 0 Å². The molecule has 0 aromatic heterocycles.